The molecule has 1 aromatic carbocycles. The summed E-state index contributed by atoms with van der Waals surface area (Å²) in [7, 11) is 0. The molecule has 0 radical (unpaired) electrons. The van der Waals surface area contributed by atoms with Crippen LogP contribution in [0.4, 0.5) is 8.78 Å². The molecule has 2 aromatic heterocycles. The summed E-state index contributed by atoms with van der Waals surface area (Å²) < 4.78 is 28.3. The lowest BCUT2D eigenvalue weighted by Crippen LogP contribution is -1.86. The molecule has 0 unspecified atom stereocenters. The smallest absolute Gasteiger partial charge is 0.180 e. The molecule has 0 spiro atoms. The number of fused-ring (bicyclic) bond motifs is 1. The summed E-state index contributed by atoms with van der Waals surface area (Å²) in [5.41, 5.74) is 0.641. The molecule has 90 valence electrons. The van der Waals surface area contributed by atoms with Gasteiger partial charge in [0.05, 0.1) is 5.69 Å². The van der Waals surface area contributed by atoms with Crippen molar-refractivity contribution in [2.75, 3.05) is 0 Å². The van der Waals surface area contributed by atoms with Gasteiger partial charge in [-0.15, -0.1) is 0 Å². The van der Waals surface area contributed by atoms with Crippen molar-refractivity contribution in [1.82, 2.24) is 9.38 Å². The Kier molecular flexibility index (Phi) is 2.26. The molecule has 5 heteroatoms. The minimum atomic E-state index is -0.556. The fourth-order valence-corrected chi connectivity index (χ4v) is 1.82. The Morgan fingerprint density at radius 2 is 2.00 bits per heavy atom. The number of aromatic hydroxyl groups is 1. The number of hydrogen-bond donors (Lipinski definition) is 1. The van der Waals surface area contributed by atoms with Gasteiger partial charge < -0.3 is 9.51 Å². The zero-order chi connectivity index (χ0) is 12.7. The van der Waals surface area contributed by atoms with E-state index in [0.717, 1.165) is 18.2 Å². The van der Waals surface area contributed by atoms with Crippen LogP contribution in [0.3, 0.4) is 0 Å². The molecule has 0 aliphatic heterocycles. The Morgan fingerprint density at radius 3 is 2.78 bits per heavy atom. The molecular formula is C13H8F2N2O. The summed E-state index contributed by atoms with van der Waals surface area (Å²) in [5, 5.41) is 9.60. The normalized spacial score (nSPS) is 11.0. The Labute approximate surface area is 101 Å². The first-order valence-electron chi connectivity index (χ1n) is 5.27. The zero-order valence-corrected chi connectivity index (χ0v) is 9.14. The summed E-state index contributed by atoms with van der Waals surface area (Å²) in [4.78, 5) is 4.09. The summed E-state index contributed by atoms with van der Waals surface area (Å²) >= 11 is 0. The lowest BCUT2D eigenvalue weighted by Gasteiger charge is -1.98. The molecule has 3 aromatic rings. The van der Waals surface area contributed by atoms with Gasteiger partial charge in [0.25, 0.3) is 0 Å². The monoisotopic (exact) mass is 246 g/mol. The molecule has 0 saturated carbocycles. The highest BCUT2D eigenvalue weighted by molar-refractivity contribution is 5.66. The maximum Gasteiger partial charge on any atom is 0.180 e. The van der Waals surface area contributed by atoms with Gasteiger partial charge in [-0.3, -0.25) is 0 Å². The average molecular weight is 246 g/mol. The minimum absolute atomic E-state index is 0.0134. The molecule has 3 nitrogen and oxygen atoms in total. The summed E-state index contributed by atoms with van der Waals surface area (Å²) in [6.07, 6.45) is 3.20. The topological polar surface area (TPSA) is 37.5 Å². The maximum atomic E-state index is 13.6. The second-order valence-electron chi connectivity index (χ2n) is 3.87. The van der Waals surface area contributed by atoms with E-state index in [1.165, 1.54) is 12.3 Å². The number of hydrogen-bond acceptors (Lipinski definition) is 2. The Morgan fingerprint density at radius 1 is 1.17 bits per heavy atom. The van der Waals surface area contributed by atoms with E-state index in [-0.39, 0.29) is 17.0 Å². The molecular weight excluding hydrogens is 238 g/mol. The number of aromatic nitrogens is 2. The molecule has 0 saturated heterocycles. The minimum Gasteiger partial charge on any atom is -0.504 e. The Bertz CT molecular complexity index is 737. The van der Waals surface area contributed by atoms with Crippen molar-refractivity contribution in [3.63, 3.8) is 0 Å². The van der Waals surface area contributed by atoms with Crippen LogP contribution in [-0.2, 0) is 0 Å². The fourth-order valence-electron chi connectivity index (χ4n) is 1.82. The van der Waals surface area contributed by atoms with Crippen molar-refractivity contribution in [1.29, 1.82) is 0 Å². The van der Waals surface area contributed by atoms with Crippen molar-refractivity contribution < 1.29 is 13.9 Å². The van der Waals surface area contributed by atoms with Crippen LogP contribution in [0.2, 0.25) is 0 Å². The van der Waals surface area contributed by atoms with E-state index >= 15 is 0 Å². The number of halogens is 2. The van der Waals surface area contributed by atoms with Crippen molar-refractivity contribution in [2.24, 2.45) is 0 Å². The Balaban J connectivity index is 2.26. The number of pyridine rings is 1. The van der Waals surface area contributed by atoms with E-state index in [9.17, 15) is 13.9 Å². The van der Waals surface area contributed by atoms with Crippen LogP contribution in [0.5, 0.6) is 5.75 Å². The van der Waals surface area contributed by atoms with Crippen molar-refractivity contribution in [3.8, 4) is 17.0 Å². The van der Waals surface area contributed by atoms with E-state index in [2.05, 4.69) is 4.98 Å². The molecule has 0 bridgehead atoms. The molecule has 1 N–H and O–H groups in total. The van der Waals surface area contributed by atoms with Gasteiger partial charge in [0.1, 0.15) is 11.6 Å². The van der Waals surface area contributed by atoms with Crippen LogP contribution in [0.25, 0.3) is 16.9 Å². The van der Waals surface area contributed by atoms with Gasteiger partial charge in [-0.1, -0.05) is 0 Å². The van der Waals surface area contributed by atoms with Gasteiger partial charge in [-0.05, 0) is 30.3 Å². The third-order valence-electron chi connectivity index (χ3n) is 2.67. The zero-order valence-electron chi connectivity index (χ0n) is 9.14. The van der Waals surface area contributed by atoms with Crippen molar-refractivity contribution in [3.05, 3.63) is 54.4 Å². The Hall–Kier alpha value is -2.43. The standard InChI is InChI=1S/C13H8F2N2O/c14-8-3-4-10(15)9(6-8)11-7-17-5-1-2-12(18)13(17)16-11/h1-7,18H. The van der Waals surface area contributed by atoms with E-state index in [4.69, 9.17) is 0 Å². The van der Waals surface area contributed by atoms with Crippen LogP contribution in [0.15, 0.2) is 42.7 Å². The first-order chi connectivity index (χ1) is 8.65. The summed E-state index contributed by atoms with van der Waals surface area (Å²) in [6.45, 7) is 0. The molecule has 0 aliphatic rings. The number of rotatable bonds is 1. The van der Waals surface area contributed by atoms with Gasteiger partial charge in [0.2, 0.25) is 0 Å². The van der Waals surface area contributed by atoms with Crippen LogP contribution in [0, 0.1) is 11.6 Å². The molecule has 0 amide bonds. The highest BCUT2D eigenvalue weighted by atomic mass is 19.1. The predicted molar refractivity (Wildman–Crippen MR) is 62.2 cm³/mol. The SMILES string of the molecule is Oc1cccn2cc(-c3cc(F)ccc3F)nc12. The third-order valence-corrected chi connectivity index (χ3v) is 2.67. The van der Waals surface area contributed by atoms with Crippen LogP contribution in [0.1, 0.15) is 0 Å². The van der Waals surface area contributed by atoms with E-state index in [0.29, 0.717) is 5.65 Å². The van der Waals surface area contributed by atoms with Gasteiger partial charge >= 0.3 is 0 Å². The molecule has 0 fully saturated rings. The van der Waals surface area contributed by atoms with Crippen molar-refractivity contribution >= 4 is 5.65 Å². The number of benzene rings is 1. The van der Waals surface area contributed by atoms with Gasteiger partial charge in [0.15, 0.2) is 11.4 Å². The lowest BCUT2D eigenvalue weighted by molar-refractivity contribution is 0.477. The highest BCUT2D eigenvalue weighted by Gasteiger charge is 2.12. The second-order valence-corrected chi connectivity index (χ2v) is 3.87. The molecule has 2 heterocycles. The second kappa shape index (κ2) is 3.80. The fraction of sp³-hybridized carbons (Fsp3) is 0. The number of nitrogens with zero attached hydrogens (tertiary/aromatic N) is 2. The lowest BCUT2D eigenvalue weighted by atomic mass is 10.1. The molecule has 3 rings (SSSR count). The van der Waals surface area contributed by atoms with Crippen LogP contribution < -0.4 is 0 Å². The molecule has 0 aliphatic carbocycles. The summed E-state index contributed by atoms with van der Waals surface area (Å²) in [6, 6.07) is 6.29. The van der Waals surface area contributed by atoms with Gasteiger partial charge in [-0.2, -0.15) is 0 Å². The highest BCUT2D eigenvalue weighted by Crippen LogP contribution is 2.26. The van der Waals surface area contributed by atoms with Gasteiger partial charge in [-0.25, -0.2) is 13.8 Å². The first-order valence-corrected chi connectivity index (χ1v) is 5.27. The quantitative estimate of drug-likeness (QED) is 0.716. The van der Waals surface area contributed by atoms with Crippen LogP contribution in [-0.4, -0.2) is 14.5 Å². The summed E-state index contributed by atoms with van der Waals surface area (Å²) in [5.74, 6) is -1.10. The molecule has 18 heavy (non-hydrogen) atoms. The predicted octanol–water partition coefficient (Wildman–Crippen LogP) is 2.99. The van der Waals surface area contributed by atoms with Gasteiger partial charge in [0, 0.05) is 18.0 Å². The van der Waals surface area contributed by atoms with E-state index in [1.807, 2.05) is 0 Å². The number of imidazole rings is 1. The maximum absolute atomic E-state index is 13.6. The third kappa shape index (κ3) is 1.60. The largest absolute Gasteiger partial charge is 0.504 e. The average Bonchev–Trinajstić information content (AvgIpc) is 2.77. The first kappa shape index (κ1) is 10.7. The van der Waals surface area contributed by atoms with Crippen LogP contribution >= 0.6 is 0 Å². The molecule has 0 atom stereocenters. The van der Waals surface area contributed by atoms with Crippen molar-refractivity contribution in [2.45, 2.75) is 0 Å². The van der Waals surface area contributed by atoms with E-state index < -0.39 is 11.6 Å². The van der Waals surface area contributed by atoms with E-state index in [1.54, 1.807) is 16.7 Å².